The van der Waals surface area contributed by atoms with Gasteiger partial charge in [-0.15, -0.1) is 0 Å². The lowest BCUT2D eigenvalue weighted by atomic mass is 9.98. The van der Waals surface area contributed by atoms with Gasteiger partial charge in [0.1, 0.15) is 11.6 Å². The van der Waals surface area contributed by atoms with Gasteiger partial charge < -0.3 is 5.32 Å². The van der Waals surface area contributed by atoms with Crippen molar-refractivity contribution in [1.29, 1.82) is 0 Å². The van der Waals surface area contributed by atoms with Crippen LogP contribution in [0.5, 0.6) is 0 Å². The van der Waals surface area contributed by atoms with Gasteiger partial charge in [0, 0.05) is 15.2 Å². The van der Waals surface area contributed by atoms with E-state index in [1.165, 1.54) is 0 Å². The van der Waals surface area contributed by atoms with Gasteiger partial charge in [-0.1, -0.05) is 23.7 Å². The molecule has 1 unspecified atom stereocenters. The third kappa shape index (κ3) is 3.68. The van der Waals surface area contributed by atoms with E-state index in [0.717, 1.165) is 21.3 Å². The molecule has 0 radical (unpaired) electrons. The summed E-state index contributed by atoms with van der Waals surface area (Å²) >= 11 is 7.80. The van der Waals surface area contributed by atoms with Crippen molar-refractivity contribution in [2.24, 2.45) is 0 Å². The topological polar surface area (TPSA) is 12.0 Å². The molecule has 0 aliphatic carbocycles. The summed E-state index contributed by atoms with van der Waals surface area (Å²) in [6.45, 7) is 0. The highest BCUT2D eigenvalue weighted by Gasteiger charge is 2.17. The molecule has 0 saturated carbocycles. The van der Waals surface area contributed by atoms with Crippen molar-refractivity contribution in [2.45, 2.75) is 12.5 Å². The fourth-order valence-corrected chi connectivity index (χ4v) is 2.54. The molecular formula is C15H13ClF2IN. The van der Waals surface area contributed by atoms with Crippen molar-refractivity contribution >= 4 is 34.2 Å². The Bertz CT molecular complexity index is 602. The molecule has 0 fully saturated rings. The Morgan fingerprint density at radius 3 is 2.40 bits per heavy atom. The monoisotopic (exact) mass is 407 g/mol. The molecule has 0 heterocycles. The molecule has 0 spiro atoms. The predicted molar refractivity (Wildman–Crippen MR) is 86.0 cm³/mol. The van der Waals surface area contributed by atoms with Crippen LogP contribution in [0.25, 0.3) is 0 Å². The molecular weight excluding hydrogens is 395 g/mol. The number of rotatable bonds is 4. The Hall–Kier alpha value is -0.720. The Balaban J connectivity index is 2.28. The van der Waals surface area contributed by atoms with Crippen LogP contribution in [0.4, 0.5) is 8.78 Å². The standard InChI is InChI=1S/C15H13ClF2IN/c1-20-15(6-9-2-4-10(19)5-3-9)11-7-14(18)12(16)8-13(11)17/h2-5,7-8,15,20H,6H2,1H3. The summed E-state index contributed by atoms with van der Waals surface area (Å²) in [6, 6.07) is 9.81. The summed E-state index contributed by atoms with van der Waals surface area (Å²) in [5.74, 6) is -1.10. The van der Waals surface area contributed by atoms with Gasteiger partial charge in [0.25, 0.3) is 0 Å². The highest BCUT2D eigenvalue weighted by Crippen LogP contribution is 2.26. The van der Waals surface area contributed by atoms with E-state index < -0.39 is 11.6 Å². The van der Waals surface area contributed by atoms with Gasteiger partial charge >= 0.3 is 0 Å². The van der Waals surface area contributed by atoms with E-state index in [1.807, 2.05) is 24.3 Å². The smallest absolute Gasteiger partial charge is 0.142 e. The lowest BCUT2D eigenvalue weighted by Gasteiger charge is -2.18. The zero-order chi connectivity index (χ0) is 14.7. The minimum absolute atomic E-state index is 0.199. The average molecular weight is 408 g/mol. The van der Waals surface area contributed by atoms with Crippen LogP contribution in [-0.2, 0) is 6.42 Å². The number of hydrogen-bond donors (Lipinski definition) is 1. The molecule has 0 aliphatic heterocycles. The molecule has 0 amide bonds. The number of nitrogens with one attached hydrogen (secondary N) is 1. The van der Waals surface area contributed by atoms with Gasteiger partial charge in [0.2, 0.25) is 0 Å². The summed E-state index contributed by atoms with van der Waals surface area (Å²) in [4.78, 5) is 0. The molecule has 0 saturated heterocycles. The Kier molecular flexibility index (Phi) is 5.35. The molecule has 0 bridgehead atoms. The summed E-state index contributed by atoms with van der Waals surface area (Å²) in [5, 5.41) is 2.82. The van der Waals surface area contributed by atoms with Crippen LogP contribution in [0.15, 0.2) is 36.4 Å². The summed E-state index contributed by atoms with van der Waals surface area (Å²) in [7, 11) is 1.73. The van der Waals surface area contributed by atoms with E-state index in [1.54, 1.807) is 7.05 Å². The second-order valence-electron chi connectivity index (χ2n) is 4.46. The first-order valence-corrected chi connectivity index (χ1v) is 7.53. The summed E-state index contributed by atoms with van der Waals surface area (Å²) in [5.41, 5.74) is 1.34. The van der Waals surface area contributed by atoms with Crippen LogP contribution in [0.1, 0.15) is 17.2 Å². The predicted octanol–water partition coefficient (Wildman–Crippen LogP) is 4.73. The summed E-state index contributed by atoms with van der Waals surface area (Å²) < 4.78 is 28.6. The fourth-order valence-electron chi connectivity index (χ4n) is 2.03. The maximum atomic E-state index is 13.9. The highest BCUT2D eigenvalue weighted by molar-refractivity contribution is 14.1. The van der Waals surface area contributed by atoms with Crippen molar-refractivity contribution < 1.29 is 8.78 Å². The van der Waals surface area contributed by atoms with Crippen molar-refractivity contribution in [3.8, 4) is 0 Å². The van der Waals surface area contributed by atoms with Crippen LogP contribution in [0.3, 0.4) is 0 Å². The largest absolute Gasteiger partial charge is 0.313 e. The number of benzene rings is 2. The maximum Gasteiger partial charge on any atom is 0.142 e. The van der Waals surface area contributed by atoms with Crippen molar-refractivity contribution in [3.05, 3.63) is 67.8 Å². The second kappa shape index (κ2) is 6.83. The van der Waals surface area contributed by atoms with Crippen LogP contribution in [0, 0.1) is 15.2 Å². The van der Waals surface area contributed by atoms with Gasteiger partial charge in [-0.3, -0.25) is 0 Å². The van der Waals surface area contributed by atoms with E-state index in [-0.39, 0.29) is 16.6 Å². The van der Waals surface area contributed by atoms with E-state index in [2.05, 4.69) is 27.9 Å². The van der Waals surface area contributed by atoms with Gasteiger partial charge in [0.05, 0.1) is 5.02 Å². The van der Waals surface area contributed by atoms with Crippen LogP contribution >= 0.6 is 34.2 Å². The molecule has 0 aliphatic rings. The van der Waals surface area contributed by atoms with Gasteiger partial charge in [0.15, 0.2) is 0 Å². The Labute approximate surface area is 135 Å². The van der Waals surface area contributed by atoms with Crippen LogP contribution < -0.4 is 5.32 Å². The van der Waals surface area contributed by atoms with E-state index in [0.29, 0.717) is 6.42 Å². The third-order valence-corrected chi connectivity index (χ3v) is 4.13. The number of likely N-dealkylation sites (N-methyl/N-ethyl adjacent to an activating group) is 1. The maximum absolute atomic E-state index is 13.9. The van der Waals surface area contributed by atoms with Crippen LogP contribution in [-0.4, -0.2) is 7.05 Å². The molecule has 5 heteroatoms. The first-order chi connectivity index (χ1) is 9.51. The van der Waals surface area contributed by atoms with Gasteiger partial charge in [-0.25, -0.2) is 8.78 Å². The fraction of sp³-hybridized carbons (Fsp3) is 0.200. The highest BCUT2D eigenvalue weighted by atomic mass is 127. The molecule has 1 atom stereocenters. The quantitative estimate of drug-likeness (QED) is 0.571. The first kappa shape index (κ1) is 15.7. The molecule has 2 rings (SSSR count). The normalized spacial score (nSPS) is 12.4. The molecule has 2 aromatic rings. The lowest BCUT2D eigenvalue weighted by Crippen LogP contribution is -2.20. The summed E-state index contributed by atoms with van der Waals surface area (Å²) in [6.07, 6.45) is 0.575. The van der Waals surface area contributed by atoms with E-state index in [9.17, 15) is 8.78 Å². The Morgan fingerprint density at radius 2 is 1.80 bits per heavy atom. The zero-order valence-electron chi connectivity index (χ0n) is 10.8. The first-order valence-electron chi connectivity index (χ1n) is 6.07. The SMILES string of the molecule is CNC(Cc1ccc(I)cc1)c1cc(F)c(Cl)cc1F. The van der Waals surface area contributed by atoms with E-state index in [4.69, 9.17) is 11.6 Å². The minimum atomic E-state index is -0.606. The van der Waals surface area contributed by atoms with Crippen LogP contribution in [0.2, 0.25) is 5.02 Å². The average Bonchev–Trinajstić information content (AvgIpc) is 2.43. The van der Waals surface area contributed by atoms with Gasteiger partial charge in [-0.2, -0.15) is 0 Å². The molecule has 106 valence electrons. The number of hydrogen-bond acceptors (Lipinski definition) is 1. The molecule has 0 aromatic heterocycles. The lowest BCUT2D eigenvalue weighted by molar-refractivity contribution is 0.523. The molecule has 20 heavy (non-hydrogen) atoms. The minimum Gasteiger partial charge on any atom is -0.313 e. The van der Waals surface area contributed by atoms with Gasteiger partial charge in [-0.05, 0) is 65.9 Å². The zero-order valence-corrected chi connectivity index (χ0v) is 13.7. The molecule has 1 N–H and O–H groups in total. The van der Waals surface area contributed by atoms with Crippen molar-refractivity contribution in [1.82, 2.24) is 5.32 Å². The van der Waals surface area contributed by atoms with E-state index >= 15 is 0 Å². The Morgan fingerprint density at radius 1 is 1.15 bits per heavy atom. The van der Waals surface area contributed by atoms with Crippen molar-refractivity contribution in [3.63, 3.8) is 0 Å². The number of halogens is 4. The molecule has 1 nitrogen and oxygen atoms in total. The molecule has 2 aromatic carbocycles. The second-order valence-corrected chi connectivity index (χ2v) is 6.11. The third-order valence-electron chi connectivity index (χ3n) is 3.12. The van der Waals surface area contributed by atoms with Crippen molar-refractivity contribution in [2.75, 3.05) is 7.05 Å².